The van der Waals surface area contributed by atoms with Crippen molar-refractivity contribution in [2.75, 3.05) is 27.7 Å². The fraction of sp³-hybridized carbons (Fsp3) is 0.793. The topological polar surface area (TPSA) is 69.6 Å². The van der Waals surface area contributed by atoms with E-state index in [1.54, 1.807) is 0 Å². The Morgan fingerprint density at radius 3 is 1.56 bits per heavy atom. The number of benzene rings is 1. The maximum absolute atomic E-state index is 11.1. The number of halogens is 1. The molecule has 1 rings (SSSR count). The van der Waals surface area contributed by atoms with Gasteiger partial charge < -0.3 is 18.8 Å². The molecule has 0 bridgehead atoms. The van der Waals surface area contributed by atoms with Gasteiger partial charge in [0.05, 0.1) is 21.1 Å². The second-order valence-corrected chi connectivity index (χ2v) is 13.9. The van der Waals surface area contributed by atoms with Gasteiger partial charge in [-0.1, -0.05) is 108 Å². The first-order valence-electron chi connectivity index (χ1n) is 14.3. The number of hydrogen-bond donors (Lipinski definition) is 1. The Bertz CT molecular complexity index is 702. The molecule has 0 heterocycles. The van der Waals surface area contributed by atoms with E-state index in [9.17, 15) is 9.46 Å². The highest BCUT2D eigenvalue weighted by Crippen LogP contribution is 2.34. The van der Waals surface area contributed by atoms with E-state index in [1.165, 1.54) is 105 Å². The van der Waals surface area contributed by atoms with Crippen LogP contribution in [0.3, 0.4) is 0 Å². The monoisotopic (exact) mass is 637 g/mol. The van der Waals surface area contributed by atoms with Gasteiger partial charge in [-0.25, -0.2) is 0 Å². The normalized spacial score (nSPS) is 14.6. The Morgan fingerprint density at radius 2 is 1.17 bits per heavy atom. The van der Waals surface area contributed by atoms with Crippen LogP contribution in [0.5, 0.6) is 0 Å². The van der Waals surface area contributed by atoms with Crippen molar-refractivity contribution in [2.24, 2.45) is 0 Å². The van der Waals surface area contributed by atoms with Gasteiger partial charge >= 0.3 is 0 Å². The first-order valence-corrected chi connectivity index (χ1v) is 16.9. The summed E-state index contributed by atoms with van der Waals surface area (Å²) in [7, 11) is 1.33. The Kier molecular flexibility index (Phi) is 18.9. The summed E-state index contributed by atoms with van der Waals surface area (Å²) in [5.74, 6) is 0. The minimum Gasteiger partial charge on any atom is -0.756 e. The number of rotatable bonds is 23. The molecular formula is C29H53INO4P. The lowest BCUT2D eigenvalue weighted by Gasteiger charge is -2.31. The van der Waals surface area contributed by atoms with Crippen molar-refractivity contribution >= 4 is 30.4 Å². The van der Waals surface area contributed by atoms with Gasteiger partial charge in [-0.2, -0.15) is 0 Å². The minimum absolute atomic E-state index is 0.442. The lowest BCUT2D eigenvalue weighted by Crippen LogP contribution is -2.42. The van der Waals surface area contributed by atoms with Crippen LogP contribution in [0, 0.1) is 3.57 Å². The molecule has 210 valence electrons. The number of likely N-dealkylation sites (N-methyl/N-ethyl adjacent to an activating group) is 1. The maximum atomic E-state index is 11.1. The molecule has 2 unspecified atom stereocenters. The second-order valence-electron chi connectivity index (χ2n) is 11.5. The summed E-state index contributed by atoms with van der Waals surface area (Å²) >= 11 is 2.36. The number of nitrogens with zero attached hydrogens (tertiary/aromatic N) is 1. The average molecular weight is 638 g/mol. The lowest BCUT2D eigenvalue weighted by atomic mass is 10.0. The van der Waals surface area contributed by atoms with Gasteiger partial charge in [-0.3, -0.25) is 4.57 Å². The molecule has 0 aliphatic heterocycles. The second kappa shape index (κ2) is 20.0. The van der Waals surface area contributed by atoms with Crippen LogP contribution < -0.4 is 4.89 Å². The molecule has 1 aromatic carbocycles. The lowest BCUT2D eigenvalue weighted by molar-refractivity contribution is -0.873. The molecule has 1 N–H and O–H groups in total. The largest absolute Gasteiger partial charge is 0.756 e. The molecule has 1 aromatic rings. The molecule has 5 nitrogen and oxygen atoms in total. The van der Waals surface area contributed by atoms with Gasteiger partial charge in [-0.05, 0) is 59.5 Å². The summed E-state index contributed by atoms with van der Waals surface area (Å²) < 4.78 is 17.9. The zero-order valence-corrected chi connectivity index (χ0v) is 26.3. The number of phosphoric ester groups is 1. The third-order valence-electron chi connectivity index (χ3n) is 6.69. The molecule has 2 atom stereocenters. The first kappa shape index (κ1) is 34.0. The number of hydrogen-bond acceptors (Lipinski definition) is 3. The van der Waals surface area contributed by atoms with Gasteiger partial charge in [0.2, 0.25) is 0 Å². The van der Waals surface area contributed by atoms with Crippen LogP contribution >= 0.6 is 30.4 Å². The molecule has 7 heteroatoms. The third kappa shape index (κ3) is 22.0. The smallest absolute Gasteiger partial charge is 0.265 e. The molecule has 0 fully saturated rings. The van der Waals surface area contributed by atoms with Gasteiger partial charge in [0.15, 0.2) is 0 Å². The first-order chi connectivity index (χ1) is 17.1. The van der Waals surface area contributed by atoms with E-state index in [0.717, 1.165) is 12.8 Å². The van der Waals surface area contributed by atoms with Crippen molar-refractivity contribution in [3.63, 3.8) is 0 Å². The molecule has 0 saturated carbocycles. The predicted octanol–water partition coefficient (Wildman–Crippen LogP) is 8.02. The molecule has 0 aromatic heterocycles. The van der Waals surface area contributed by atoms with E-state index in [-0.39, 0.29) is 0 Å². The zero-order valence-electron chi connectivity index (χ0n) is 23.3. The minimum atomic E-state index is -4.67. The number of unbranched alkanes of at least 4 members (excludes halogenated alkanes) is 15. The Hall–Kier alpha value is 0.0200. The van der Waals surface area contributed by atoms with E-state index in [2.05, 4.69) is 46.9 Å². The molecule has 0 aliphatic rings. The Morgan fingerprint density at radius 1 is 0.778 bits per heavy atom. The van der Waals surface area contributed by atoms with E-state index in [1.807, 2.05) is 21.1 Å². The van der Waals surface area contributed by atoms with Crippen LogP contribution in [0.25, 0.3) is 0 Å². The van der Waals surface area contributed by atoms with Gasteiger partial charge in [0.1, 0.15) is 12.6 Å². The zero-order chi connectivity index (χ0) is 26.7. The fourth-order valence-corrected chi connectivity index (χ4v) is 5.71. The molecule has 0 aliphatic carbocycles. The highest BCUT2D eigenvalue weighted by molar-refractivity contribution is 14.1. The number of aryl methyl sites for hydroxylation is 1. The Balaban J connectivity index is 1.85. The van der Waals surface area contributed by atoms with Crippen molar-refractivity contribution in [2.45, 2.75) is 122 Å². The summed E-state index contributed by atoms with van der Waals surface area (Å²) in [6.45, 7) is 0.571. The van der Waals surface area contributed by atoms with Gasteiger partial charge in [0.25, 0.3) is 7.82 Å². The van der Waals surface area contributed by atoms with E-state index >= 15 is 0 Å². The van der Waals surface area contributed by atoms with E-state index in [4.69, 9.17) is 9.42 Å². The van der Waals surface area contributed by atoms with Crippen molar-refractivity contribution < 1.29 is 23.4 Å². The van der Waals surface area contributed by atoms with E-state index < -0.39 is 13.9 Å². The highest BCUT2D eigenvalue weighted by Gasteiger charge is 2.22. The van der Waals surface area contributed by atoms with Crippen molar-refractivity contribution in [1.82, 2.24) is 0 Å². The van der Waals surface area contributed by atoms with Gasteiger partial charge in [-0.15, -0.1) is 0 Å². The fourth-order valence-electron chi connectivity index (χ4n) is 4.80. The van der Waals surface area contributed by atoms with Crippen LogP contribution in [-0.2, 0) is 15.5 Å². The quantitative estimate of drug-likeness (QED) is 0.0571. The molecule has 0 saturated heterocycles. The van der Waals surface area contributed by atoms with Crippen LogP contribution in [-0.4, -0.2) is 43.2 Å². The van der Waals surface area contributed by atoms with Crippen LogP contribution in [0.1, 0.15) is 115 Å². The average Bonchev–Trinajstić information content (AvgIpc) is 2.77. The molecule has 0 amide bonds. The summed E-state index contributed by atoms with van der Waals surface area (Å²) in [6, 6.07) is 8.94. The summed E-state index contributed by atoms with van der Waals surface area (Å²) in [5, 5.41) is 0. The van der Waals surface area contributed by atoms with Crippen molar-refractivity contribution in [3.05, 3.63) is 33.4 Å². The molecular weight excluding hydrogens is 584 g/mol. The summed E-state index contributed by atoms with van der Waals surface area (Å²) in [5.41, 5.74) is 1.48. The van der Waals surface area contributed by atoms with Crippen LogP contribution in [0.2, 0.25) is 0 Å². The van der Waals surface area contributed by atoms with Crippen LogP contribution in [0.15, 0.2) is 24.3 Å². The van der Waals surface area contributed by atoms with Crippen LogP contribution in [0.4, 0.5) is 0 Å². The molecule has 0 spiro atoms. The third-order valence-corrected chi connectivity index (χ3v) is 7.97. The van der Waals surface area contributed by atoms with E-state index in [0.29, 0.717) is 17.4 Å². The van der Waals surface area contributed by atoms with Crippen molar-refractivity contribution in [1.29, 1.82) is 0 Å². The SMILES string of the molecule is C[N+](C)(C)CC(CCCCCCCCCCCCCCCCCCc1ccc(I)cc1)OP(=O)([O-])O. The molecule has 0 radical (unpaired) electrons. The predicted molar refractivity (Wildman–Crippen MR) is 159 cm³/mol. The standard InChI is InChI=1S/C29H53INO4P/c1-31(2,3)26-29(35-36(32,33)34)21-19-17-15-13-11-9-7-5-4-6-8-10-12-14-16-18-20-27-22-24-28(30)25-23-27/h22-25,29H,4-21,26H2,1-3H3,(H-,32,33,34). The Labute approximate surface area is 235 Å². The summed E-state index contributed by atoms with van der Waals surface area (Å²) in [6.07, 6.45) is 22.3. The maximum Gasteiger partial charge on any atom is 0.265 e. The molecule has 36 heavy (non-hydrogen) atoms. The summed E-state index contributed by atoms with van der Waals surface area (Å²) in [4.78, 5) is 20.2. The number of quaternary nitrogens is 1. The highest BCUT2D eigenvalue weighted by atomic mass is 127. The van der Waals surface area contributed by atoms with Gasteiger partial charge in [0, 0.05) is 3.57 Å². The van der Waals surface area contributed by atoms with Crippen molar-refractivity contribution in [3.8, 4) is 0 Å². The number of phosphoric acid groups is 1.